The van der Waals surface area contributed by atoms with Crippen LogP contribution in [-0.4, -0.2) is 23.3 Å². The maximum atomic E-state index is 6.17. The zero-order valence-electron chi connectivity index (χ0n) is 8.06. The number of hydrogen-bond donors (Lipinski definition) is 0. The minimum absolute atomic E-state index is 0.0540. The average molecular weight is 225 g/mol. The predicted molar refractivity (Wildman–Crippen MR) is 52.0 cm³/mol. The Morgan fingerprint density at radius 1 is 1.08 bits per heavy atom. The Kier molecular flexibility index (Phi) is 1.96. The van der Waals surface area contributed by atoms with Gasteiger partial charge < -0.3 is 9.47 Å². The molecule has 1 saturated heterocycles. The van der Waals surface area contributed by atoms with Gasteiger partial charge in [0.25, 0.3) is 0 Å². The van der Waals surface area contributed by atoms with Gasteiger partial charge in [-0.25, -0.2) is 0 Å². The number of hydrogen-bond acceptors (Lipinski definition) is 2. The van der Waals surface area contributed by atoms with E-state index < -0.39 is 10.1 Å². The van der Waals surface area contributed by atoms with Gasteiger partial charge in [-0.15, -0.1) is 23.2 Å². The van der Waals surface area contributed by atoms with E-state index in [4.69, 9.17) is 32.7 Å². The van der Waals surface area contributed by atoms with E-state index in [0.717, 1.165) is 0 Å². The summed E-state index contributed by atoms with van der Waals surface area (Å²) in [5.41, 5.74) is -0.130. The van der Waals surface area contributed by atoms with Crippen LogP contribution in [0.2, 0.25) is 0 Å². The molecule has 1 aliphatic heterocycles. The van der Waals surface area contributed by atoms with Crippen LogP contribution in [0.3, 0.4) is 0 Å². The average Bonchev–Trinajstić information content (AvgIpc) is 2.32. The Morgan fingerprint density at radius 2 is 1.46 bits per heavy atom. The monoisotopic (exact) mass is 224 g/mol. The fraction of sp³-hybridized carbons (Fsp3) is 1.00. The van der Waals surface area contributed by atoms with E-state index in [2.05, 4.69) is 0 Å². The second-order valence-electron chi connectivity index (χ2n) is 4.49. The smallest absolute Gasteiger partial charge is 0.172 e. The Hall–Kier alpha value is 0.500. The molecule has 4 heteroatoms. The summed E-state index contributed by atoms with van der Waals surface area (Å²) in [5, 5.41) is 0. The molecular weight excluding hydrogens is 211 g/mol. The highest BCUT2D eigenvalue weighted by Crippen LogP contribution is 2.73. The van der Waals surface area contributed by atoms with Crippen molar-refractivity contribution in [3.05, 3.63) is 0 Å². The molecule has 76 valence electrons. The van der Waals surface area contributed by atoms with Crippen molar-refractivity contribution in [2.45, 2.75) is 30.9 Å². The van der Waals surface area contributed by atoms with E-state index >= 15 is 0 Å². The van der Waals surface area contributed by atoms with E-state index in [1.165, 1.54) is 0 Å². The summed E-state index contributed by atoms with van der Waals surface area (Å²) < 4.78 is 10.4. The molecule has 2 nitrogen and oxygen atoms in total. The van der Waals surface area contributed by atoms with Gasteiger partial charge in [0.15, 0.2) is 5.79 Å². The molecule has 0 radical (unpaired) electrons. The summed E-state index contributed by atoms with van der Waals surface area (Å²) >= 11 is 12.3. The fourth-order valence-corrected chi connectivity index (χ4v) is 3.39. The first-order valence-electron chi connectivity index (χ1n) is 4.48. The third kappa shape index (κ3) is 1.16. The van der Waals surface area contributed by atoms with Crippen LogP contribution < -0.4 is 0 Å². The second-order valence-corrected chi connectivity index (χ2v) is 5.88. The standard InChI is InChI=1S/C9H14Cl2O2/c1-7(2)6(9(7,10)11)8(3)12-4-5-13-8/h6H,4-5H2,1-3H3. The molecule has 0 bridgehead atoms. The van der Waals surface area contributed by atoms with E-state index in [0.29, 0.717) is 13.2 Å². The van der Waals surface area contributed by atoms with Crippen molar-refractivity contribution in [1.29, 1.82) is 0 Å². The van der Waals surface area contributed by atoms with Gasteiger partial charge in [0.05, 0.1) is 19.1 Å². The van der Waals surface area contributed by atoms with Gasteiger partial charge in [0.1, 0.15) is 4.33 Å². The molecule has 1 heterocycles. The molecule has 1 unspecified atom stereocenters. The van der Waals surface area contributed by atoms with Crippen LogP contribution in [0.5, 0.6) is 0 Å². The summed E-state index contributed by atoms with van der Waals surface area (Å²) in [6.07, 6.45) is 0. The van der Waals surface area contributed by atoms with Crippen LogP contribution in [0.1, 0.15) is 20.8 Å². The lowest BCUT2D eigenvalue weighted by Gasteiger charge is -2.23. The number of halogens is 2. The number of alkyl halides is 2. The van der Waals surface area contributed by atoms with Gasteiger partial charge >= 0.3 is 0 Å². The van der Waals surface area contributed by atoms with Gasteiger partial charge in [0.2, 0.25) is 0 Å². The normalized spacial score (nSPS) is 39.0. The van der Waals surface area contributed by atoms with Gasteiger partial charge in [0, 0.05) is 5.41 Å². The third-order valence-electron chi connectivity index (χ3n) is 3.25. The lowest BCUT2D eigenvalue weighted by Crippen LogP contribution is -2.31. The molecule has 2 rings (SSSR count). The van der Waals surface area contributed by atoms with Gasteiger partial charge in [-0.05, 0) is 6.92 Å². The first kappa shape index (κ1) is 10.0. The molecule has 2 aliphatic rings. The van der Waals surface area contributed by atoms with Crippen molar-refractivity contribution in [2.75, 3.05) is 13.2 Å². The van der Waals surface area contributed by atoms with Crippen molar-refractivity contribution in [3.8, 4) is 0 Å². The van der Waals surface area contributed by atoms with E-state index in [1.807, 2.05) is 20.8 Å². The Balaban J connectivity index is 2.20. The van der Waals surface area contributed by atoms with Crippen molar-refractivity contribution < 1.29 is 9.47 Å². The van der Waals surface area contributed by atoms with Crippen LogP contribution in [0, 0.1) is 11.3 Å². The first-order chi connectivity index (χ1) is 5.82. The molecule has 0 aromatic heterocycles. The predicted octanol–water partition coefficient (Wildman–Crippen LogP) is 2.58. The van der Waals surface area contributed by atoms with Crippen LogP contribution in [-0.2, 0) is 9.47 Å². The van der Waals surface area contributed by atoms with E-state index in [-0.39, 0.29) is 11.3 Å². The highest BCUT2D eigenvalue weighted by molar-refractivity contribution is 6.51. The highest BCUT2D eigenvalue weighted by Gasteiger charge is 2.77. The third-order valence-corrected chi connectivity index (χ3v) is 4.66. The Labute approximate surface area is 88.5 Å². The minimum Gasteiger partial charge on any atom is -0.347 e. The van der Waals surface area contributed by atoms with Crippen LogP contribution >= 0.6 is 23.2 Å². The summed E-state index contributed by atoms with van der Waals surface area (Å²) in [4.78, 5) is 0. The lowest BCUT2D eigenvalue weighted by molar-refractivity contribution is -0.164. The van der Waals surface area contributed by atoms with Gasteiger partial charge in [-0.3, -0.25) is 0 Å². The SMILES string of the molecule is CC1(C2C(C)(C)C2(Cl)Cl)OCCO1. The Bertz CT molecular complexity index is 218. The molecule has 1 saturated carbocycles. The molecule has 0 amide bonds. The minimum atomic E-state index is -0.716. The van der Waals surface area contributed by atoms with Crippen molar-refractivity contribution in [3.63, 3.8) is 0 Å². The van der Waals surface area contributed by atoms with Crippen molar-refractivity contribution in [2.24, 2.45) is 11.3 Å². The maximum Gasteiger partial charge on any atom is 0.172 e. The van der Waals surface area contributed by atoms with Crippen LogP contribution in [0.4, 0.5) is 0 Å². The molecule has 0 aromatic carbocycles. The molecule has 2 fully saturated rings. The summed E-state index contributed by atoms with van der Waals surface area (Å²) in [7, 11) is 0. The zero-order valence-corrected chi connectivity index (χ0v) is 9.58. The van der Waals surface area contributed by atoms with E-state index in [9.17, 15) is 0 Å². The lowest BCUT2D eigenvalue weighted by atomic mass is 10.0. The number of rotatable bonds is 1. The fourth-order valence-electron chi connectivity index (χ4n) is 2.34. The summed E-state index contributed by atoms with van der Waals surface area (Å²) in [6.45, 7) is 7.25. The first-order valence-corrected chi connectivity index (χ1v) is 5.24. The van der Waals surface area contributed by atoms with Crippen molar-refractivity contribution in [1.82, 2.24) is 0 Å². The quantitative estimate of drug-likeness (QED) is 0.638. The van der Waals surface area contributed by atoms with Crippen LogP contribution in [0.25, 0.3) is 0 Å². The highest BCUT2D eigenvalue weighted by atomic mass is 35.5. The second kappa shape index (κ2) is 2.54. The summed E-state index contributed by atoms with van der Waals surface area (Å²) in [6, 6.07) is 0. The molecule has 1 aliphatic carbocycles. The van der Waals surface area contributed by atoms with Crippen LogP contribution in [0.15, 0.2) is 0 Å². The molecular formula is C9H14Cl2O2. The van der Waals surface area contributed by atoms with Gasteiger partial charge in [-0.2, -0.15) is 0 Å². The van der Waals surface area contributed by atoms with E-state index in [1.54, 1.807) is 0 Å². The number of ether oxygens (including phenoxy) is 2. The maximum absolute atomic E-state index is 6.17. The Morgan fingerprint density at radius 3 is 1.77 bits per heavy atom. The zero-order chi connectivity index (χ0) is 9.91. The van der Waals surface area contributed by atoms with Gasteiger partial charge in [-0.1, -0.05) is 13.8 Å². The summed E-state index contributed by atoms with van der Waals surface area (Å²) in [5.74, 6) is -0.536. The molecule has 13 heavy (non-hydrogen) atoms. The molecule has 0 aromatic rings. The van der Waals surface area contributed by atoms with Crippen molar-refractivity contribution >= 4 is 23.2 Å². The molecule has 1 atom stereocenters. The molecule has 0 N–H and O–H groups in total. The molecule has 0 spiro atoms. The topological polar surface area (TPSA) is 18.5 Å². The largest absolute Gasteiger partial charge is 0.347 e.